The predicted molar refractivity (Wildman–Crippen MR) is 120 cm³/mol. The van der Waals surface area contributed by atoms with E-state index in [1.807, 2.05) is 22.9 Å². The largest absolute Gasteiger partial charge is 0.338 e. The number of imide groups is 1. The normalized spacial score (nSPS) is 11.9. The average Bonchev–Trinajstić information content (AvgIpc) is 3.34. The zero-order valence-electron chi connectivity index (χ0n) is 15.9. The summed E-state index contributed by atoms with van der Waals surface area (Å²) in [6, 6.07) is 3.37. The molecule has 0 aliphatic rings. The van der Waals surface area contributed by atoms with Crippen molar-refractivity contribution < 1.29 is 9.59 Å². The highest BCUT2D eigenvalue weighted by atomic mass is 32.2. The number of carbonyl (C=O) groups is 2. The topological polar surface area (TPSA) is 93.1 Å². The summed E-state index contributed by atoms with van der Waals surface area (Å²) in [6.45, 7) is 7.85. The van der Waals surface area contributed by atoms with Gasteiger partial charge in [0.1, 0.15) is 4.83 Å². The molecule has 29 heavy (non-hydrogen) atoms. The van der Waals surface area contributed by atoms with E-state index in [0.717, 1.165) is 22.2 Å². The lowest BCUT2D eigenvalue weighted by Gasteiger charge is -2.14. The molecule has 3 aromatic heterocycles. The number of thioether (sulfide) groups is 1. The summed E-state index contributed by atoms with van der Waals surface area (Å²) in [5.74, 6) is -0.453. The van der Waals surface area contributed by atoms with Gasteiger partial charge in [-0.3, -0.25) is 19.5 Å². The number of carbonyl (C=O) groups excluding carboxylic acids is 2. The molecule has 0 aliphatic heterocycles. The molecule has 0 aliphatic carbocycles. The summed E-state index contributed by atoms with van der Waals surface area (Å²) in [5.41, 5.74) is 0.701. The van der Waals surface area contributed by atoms with Crippen LogP contribution >= 0.6 is 34.4 Å². The number of allylic oxidation sites excluding steroid dienone is 1. The second-order valence-electron chi connectivity index (χ2n) is 6.01. The fraction of sp³-hybridized carbons (Fsp3) is 0.263. The smallest absolute Gasteiger partial charge is 0.321 e. The third kappa shape index (κ3) is 4.60. The van der Waals surface area contributed by atoms with Crippen LogP contribution in [-0.2, 0) is 11.3 Å². The number of amides is 3. The number of thiophene rings is 2. The van der Waals surface area contributed by atoms with E-state index in [2.05, 4.69) is 22.2 Å². The first kappa shape index (κ1) is 21.3. The molecule has 3 rings (SSSR count). The third-order valence-electron chi connectivity index (χ3n) is 3.98. The SMILES string of the molecule is C=CCn1c(SC(C)C(=O)NC(=O)NCC)nc2scc(-c3cccs3)c2c1=O. The van der Waals surface area contributed by atoms with Crippen molar-refractivity contribution in [2.75, 3.05) is 6.54 Å². The van der Waals surface area contributed by atoms with Crippen LogP contribution in [0.4, 0.5) is 4.79 Å². The van der Waals surface area contributed by atoms with E-state index in [1.165, 1.54) is 15.9 Å². The summed E-state index contributed by atoms with van der Waals surface area (Å²) in [4.78, 5) is 43.4. The third-order valence-corrected chi connectivity index (χ3v) is 6.85. The molecule has 2 N–H and O–H groups in total. The monoisotopic (exact) mass is 448 g/mol. The Labute approximate surface area is 179 Å². The van der Waals surface area contributed by atoms with Gasteiger partial charge in [-0.1, -0.05) is 23.9 Å². The molecule has 0 bridgehead atoms. The second-order valence-corrected chi connectivity index (χ2v) is 9.13. The Kier molecular flexibility index (Phi) is 6.88. The summed E-state index contributed by atoms with van der Waals surface area (Å²) >= 11 is 4.10. The molecule has 0 radical (unpaired) electrons. The van der Waals surface area contributed by atoms with Crippen LogP contribution < -0.4 is 16.2 Å². The van der Waals surface area contributed by atoms with Crippen molar-refractivity contribution in [3.8, 4) is 10.4 Å². The van der Waals surface area contributed by atoms with Crippen LogP contribution in [0.1, 0.15) is 13.8 Å². The first-order valence-electron chi connectivity index (χ1n) is 8.88. The highest BCUT2D eigenvalue weighted by Crippen LogP contribution is 2.35. The van der Waals surface area contributed by atoms with Crippen LogP contribution in [0.15, 0.2) is 45.5 Å². The highest BCUT2D eigenvalue weighted by Gasteiger charge is 2.22. The number of rotatable bonds is 7. The van der Waals surface area contributed by atoms with Crippen molar-refractivity contribution in [1.82, 2.24) is 20.2 Å². The van der Waals surface area contributed by atoms with Crippen LogP contribution in [0.5, 0.6) is 0 Å². The van der Waals surface area contributed by atoms with E-state index in [1.54, 1.807) is 31.3 Å². The number of nitrogens with one attached hydrogen (secondary N) is 2. The number of hydrogen-bond acceptors (Lipinski definition) is 7. The van der Waals surface area contributed by atoms with Gasteiger partial charge < -0.3 is 5.32 Å². The molecule has 0 saturated carbocycles. The van der Waals surface area contributed by atoms with Gasteiger partial charge in [-0.05, 0) is 25.3 Å². The minimum absolute atomic E-state index is 0.168. The van der Waals surface area contributed by atoms with Gasteiger partial charge in [0.2, 0.25) is 5.91 Å². The molecule has 0 fully saturated rings. The Balaban J connectivity index is 1.97. The van der Waals surface area contributed by atoms with E-state index in [9.17, 15) is 14.4 Å². The number of nitrogens with zero attached hydrogens (tertiary/aromatic N) is 2. The van der Waals surface area contributed by atoms with E-state index < -0.39 is 17.2 Å². The van der Waals surface area contributed by atoms with E-state index in [-0.39, 0.29) is 12.1 Å². The molecule has 152 valence electrons. The molecule has 1 unspecified atom stereocenters. The summed E-state index contributed by atoms with van der Waals surface area (Å²) < 4.78 is 1.51. The minimum atomic E-state index is -0.616. The van der Waals surface area contributed by atoms with Crippen LogP contribution in [0, 0.1) is 0 Å². The Morgan fingerprint density at radius 3 is 2.86 bits per heavy atom. The Bertz CT molecular complexity index is 1100. The standard InChI is InChI=1S/C19H20N4O3S3/c1-4-8-23-17(25)14-12(13-7-6-9-27-13)10-28-16(14)22-19(23)29-11(3)15(24)21-18(26)20-5-2/h4,6-7,9-11H,1,5,8H2,2-3H3,(H2,20,21,24,26). The number of fused-ring (bicyclic) bond motifs is 1. The number of hydrogen-bond donors (Lipinski definition) is 2. The lowest BCUT2D eigenvalue weighted by Crippen LogP contribution is -2.42. The minimum Gasteiger partial charge on any atom is -0.338 e. The predicted octanol–water partition coefficient (Wildman–Crippen LogP) is 3.70. The molecular formula is C19H20N4O3S3. The number of aromatic nitrogens is 2. The van der Waals surface area contributed by atoms with E-state index >= 15 is 0 Å². The Morgan fingerprint density at radius 2 is 2.21 bits per heavy atom. The van der Waals surface area contributed by atoms with Gasteiger partial charge in [0.25, 0.3) is 5.56 Å². The lowest BCUT2D eigenvalue weighted by atomic mass is 10.2. The molecule has 1 atom stereocenters. The van der Waals surface area contributed by atoms with Crippen molar-refractivity contribution in [3.63, 3.8) is 0 Å². The maximum absolute atomic E-state index is 13.2. The Hall–Kier alpha value is -2.43. The molecule has 0 saturated heterocycles. The van der Waals surface area contributed by atoms with E-state index in [4.69, 9.17) is 0 Å². The molecule has 7 nitrogen and oxygen atoms in total. The maximum Gasteiger partial charge on any atom is 0.321 e. The van der Waals surface area contributed by atoms with Gasteiger partial charge in [-0.15, -0.1) is 29.3 Å². The number of urea groups is 1. The molecule has 3 amide bonds. The van der Waals surface area contributed by atoms with Crippen molar-refractivity contribution in [2.45, 2.75) is 30.8 Å². The summed E-state index contributed by atoms with van der Waals surface area (Å²) in [7, 11) is 0. The molecule has 10 heteroatoms. The van der Waals surface area contributed by atoms with Gasteiger partial charge in [0, 0.05) is 28.9 Å². The molecule has 3 aromatic rings. The lowest BCUT2D eigenvalue weighted by molar-refractivity contribution is -0.119. The van der Waals surface area contributed by atoms with Crippen LogP contribution in [-0.4, -0.2) is 33.3 Å². The zero-order chi connectivity index (χ0) is 21.0. The Morgan fingerprint density at radius 1 is 1.41 bits per heavy atom. The second kappa shape index (κ2) is 9.38. The fourth-order valence-corrected chi connectivity index (χ4v) is 5.35. The maximum atomic E-state index is 13.2. The van der Waals surface area contributed by atoms with Gasteiger partial charge >= 0.3 is 6.03 Å². The van der Waals surface area contributed by atoms with E-state index in [0.29, 0.717) is 21.9 Å². The summed E-state index contributed by atoms with van der Waals surface area (Å²) in [5, 5.41) is 9.07. The van der Waals surface area contributed by atoms with Crippen molar-refractivity contribution >= 4 is 56.6 Å². The van der Waals surface area contributed by atoms with Crippen molar-refractivity contribution in [2.24, 2.45) is 0 Å². The van der Waals surface area contributed by atoms with Crippen molar-refractivity contribution in [3.05, 3.63) is 45.9 Å². The van der Waals surface area contributed by atoms with Crippen LogP contribution in [0.2, 0.25) is 0 Å². The van der Waals surface area contributed by atoms with Gasteiger partial charge in [-0.25, -0.2) is 9.78 Å². The molecule has 3 heterocycles. The average molecular weight is 449 g/mol. The fourth-order valence-electron chi connectivity index (χ4n) is 2.63. The van der Waals surface area contributed by atoms with Gasteiger partial charge in [0.05, 0.1) is 10.6 Å². The van der Waals surface area contributed by atoms with Gasteiger partial charge in [-0.2, -0.15) is 0 Å². The molecule has 0 aromatic carbocycles. The van der Waals surface area contributed by atoms with Gasteiger partial charge in [0.15, 0.2) is 5.16 Å². The molecular weight excluding hydrogens is 428 g/mol. The highest BCUT2D eigenvalue weighted by molar-refractivity contribution is 8.00. The van der Waals surface area contributed by atoms with Crippen LogP contribution in [0.25, 0.3) is 20.7 Å². The summed E-state index contributed by atoms with van der Waals surface area (Å²) in [6.07, 6.45) is 1.62. The van der Waals surface area contributed by atoms with Crippen LogP contribution in [0.3, 0.4) is 0 Å². The molecule has 0 spiro atoms. The first-order valence-corrected chi connectivity index (χ1v) is 11.5. The quantitative estimate of drug-likeness (QED) is 0.327. The first-order chi connectivity index (χ1) is 14.0. The zero-order valence-corrected chi connectivity index (χ0v) is 18.4. The van der Waals surface area contributed by atoms with Crippen molar-refractivity contribution in [1.29, 1.82) is 0 Å².